The minimum atomic E-state index is -0.774. The van der Waals surface area contributed by atoms with E-state index < -0.39 is 5.97 Å². The molecule has 1 aromatic rings. The molecule has 0 fully saturated rings. The van der Waals surface area contributed by atoms with Crippen molar-refractivity contribution in [3.63, 3.8) is 0 Å². The van der Waals surface area contributed by atoms with Crippen molar-refractivity contribution in [2.45, 2.75) is 13.3 Å². The zero-order valence-electron chi connectivity index (χ0n) is 10.4. The molecule has 0 spiro atoms. The molecule has 1 N–H and O–H groups in total. The van der Waals surface area contributed by atoms with Gasteiger partial charge in [-0.05, 0) is 24.7 Å². The van der Waals surface area contributed by atoms with Gasteiger partial charge in [0.1, 0.15) is 12.4 Å². The van der Waals surface area contributed by atoms with Crippen LogP contribution in [0.2, 0.25) is 5.02 Å². The van der Waals surface area contributed by atoms with Gasteiger partial charge >= 0.3 is 5.97 Å². The van der Waals surface area contributed by atoms with E-state index in [4.69, 9.17) is 21.4 Å². The number of hydrogen-bond donors (Lipinski definition) is 1. The van der Waals surface area contributed by atoms with Crippen molar-refractivity contribution in [3.05, 3.63) is 29.3 Å². The van der Waals surface area contributed by atoms with Gasteiger partial charge in [0.05, 0.1) is 6.42 Å². The van der Waals surface area contributed by atoms with E-state index in [1.54, 1.807) is 12.1 Å². The van der Waals surface area contributed by atoms with Crippen LogP contribution in [0.5, 0.6) is 5.75 Å². The summed E-state index contributed by atoms with van der Waals surface area (Å²) in [5.74, 6) is -0.0407. The fourth-order valence-electron chi connectivity index (χ4n) is 1.53. The minimum absolute atomic E-state index is 0.158. The highest BCUT2D eigenvalue weighted by Gasteiger charge is 2.05. The van der Waals surface area contributed by atoms with Crippen molar-refractivity contribution in [1.82, 2.24) is 4.90 Å². The molecule has 0 heterocycles. The molecule has 0 saturated heterocycles. The summed E-state index contributed by atoms with van der Waals surface area (Å²) in [7, 11) is 0. The number of likely N-dealkylation sites (N-methyl/N-ethyl adjacent to an activating group) is 1. The first kappa shape index (κ1) is 14.8. The van der Waals surface area contributed by atoms with E-state index in [9.17, 15) is 4.79 Å². The molecular weight excluding hydrogens is 254 g/mol. The van der Waals surface area contributed by atoms with Crippen LogP contribution in [0.25, 0.3) is 0 Å². The monoisotopic (exact) mass is 271 g/mol. The second-order valence-electron chi connectivity index (χ2n) is 3.88. The molecule has 0 aliphatic carbocycles. The van der Waals surface area contributed by atoms with Crippen molar-refractivity contribution in [2.75, 3.05) is 26.2 Å². The maximum absolute atomic E-state index is 10.5. The Morgan fingerprint density at radius 3 is 2.83 bits per heavy atom. The molecule has 100 valence electrons. The number of carbonyl (C=O) groups is 1. The summed E-state index contributed by atoms with van der Waals surface area (Å²) >= 11 is 5.84. The predicted octanol–water partition coefficient (Wildman–Crippen LogP) is 2.52. The van der Waals surface area contributed by atoms with Gasteiger partial charge in [-0.15, -0.1) is 0 Å². The maximum Gasteiger partial charge on any atom is 0.304 e. The summed E-state index contributed by atoms with van der Waals surface area (Å²) in [5, 5.41) is 9.26. The number of carboxylic acids is 1. The van der Waals surface area contributed by atoms with Crippen LogP contribution in [0, 0.1) is 0 Å². The molecule has 0 aliphatic heterocycles. The van der Waals surface area contributed by atoms with Crippen LogP contribution in [0.3, 0.4) is 0 Å². The molecule has 0 unspecified atom stereocenters. The lowest BCUT2D eigenvalue weighted by Crippen LogP contribution is -2.30. The first-order chi connectivity index (χ1) is 8.61. The molecule has 4 nitrogen and oxygen atoms in total. The number of nitrogens with zero attached hydrogens (tertiary/aromatic N) is 1. The molecule has 5 heteroatoms. The zero-order chi connectivity index (χ0) is 13.4. The van der Waals surface area contributed by atoms with Crippen LogP contribution in [0.1, 0.15) is 13.3 Å². The Labute approximate surface area is 112 Å². The van der Waals surface area contributed by atoms with E-state index in [-0.39, 0.29) is 6.42 Å². The number of aliphatic carboxylic acids is 1. The van der Waals surface area contributed by atoms with Crippen molar-refractivity contribution in [1.29, 1.82) is 0 Å². The third-order valence-electron chi connectivity index (χ3n) is 2.56. The molecule has 0 aliphatic rings. The van der Waals surface area contributed by atoms with Gasteiger partial charge in [-0.25, -0.2) is 0 Å². The molecule has 18 heavy (non-hydrogen) atoms. The van der Waals surface area contributed by atoms with Gasteiger partial charge < -0.3 is 9.84 Å². The van der Waals surface area contributed by atoms with Crippen molar-refractivity contribution < 1.29 is 14.6 Å². The number of halogens is 1. The van der Waals surface area contributed by atoms with Gasteiger partial charge in [0, 0.05) is 18.1 Å². The second kappa shape index (κ2) is 7.95. The quantitative estimate of drug-likeness (QED) is 0.789. The molecule has 1 rings (SSSR count). The van der Waals surface area contributed by atoms with Crippen LogP contribution in [0.4, 0.5) is 0 Å². The van der Waals surface area contributed by atoms with Gasteiger partial charge in [-0.1, -0.05) is 24.6 Å². The highest BCUT2D eigenvalue weighted by molar-refractivity contribution is 6.30. The van der Waals surface area contributed by atoms with Crippen molar-refractivity contribution >= 4 is 17.6 Å². The molecule has 1 aromatic carbocycles. The van der Waals surface area contributed by atoms with Crippen molar-refractivity contribution in [2.24, 2.45) is 0 Å². The van der Waals surface area contributed by atoms with E-state index in [0.717, 1.165) is 12.3 Å². The van der Waals surface area contributed by atoms with Gasteiger partial charge in [0.2, 0.25) is 0 Å². The number of hydrogen-bond acceptors (Lipinski definition) is 3. The zero-order valence-corrected chi connectivity index (χ0v) is 11.2. The first-order valence-electron chi connectivity index (χ1n) is 5.94. The molecule has 0 radical (unpaired) electrons. The number of benzene rings is 1. The Bertz CT molecular complexity index is 384. The molecule has 0 saturated carbocycles. The number of carboxylic acid groups (broad SMARTS) is 1. The van der Waals surface area contributed by atoms with E-state index >= 15 is 0 Å². The first-order valence-corrected chi connectivity index (χ1v) is 6.32. The molecular formula is C13H18ClNO3. The van der Waals surface area contributed by atoms with Gasteiger partial charge in [-0.3, -0.25) is 9.69 Å². The van der Waals surface area contributed by atoms with E-state index in [1.807, 2.05) is 24.0 Å². The maximum atomic E-state index is 10.5. The summed E-state index contributed by atoms with van der Waals surface area (Å²) in [6.07, 6.45) is 0.158. The largest absolute Gasteiger partial charge is 0.492 e. The van der Waals surface area contributed by atoms with Crippen LogP contribution in [0.15, 0.2) is 24.3 Å². The Morgan fingerprint density at radius 2 is 2.22 bits per heavy atom. The summed E-state index contributed by atoms with van der Waals surface area (Å²) in [5.41, 5.74) is 0. The Morgan fingerprint density at radius 1 is 1.44 bits per heavy atom. The average molecular weight is 272 g/mol. The second-order valence-corrected chi connectivity index (χ2v) is 4.32. The number of rotatable bonds is 8. The predicted molar refractivity (Wildman–Crippen MR) is 71.3 cm³/mol. The summed E-state index contributed by atoms with van der Waals surface area (Å²) < 4.78 is 5.55. The van der Waals surface area contributed by atoms with Crippen LogP contribution in [-0.4, -0.2) is 42.2 Å². The summed E-state index contributed by atoms with van der Waals surface area (Å²) in [6.45, 7) is 4.59. The smallest absolute Gasteiger partial charge is 0.304 e. The van der Waals surface area contributed by atoms with E-state index in [2.05, 4.69) is 0 Å². The van der Waals surface area contributed by atoms with E-state index in [1.165, 1.54) is 0 Å². The van der Waals surface area contributed by atoms with Gasteiger partial charge in [0.25, 0.3) is 0 Å². The SMILES string of the molecule is CCN(CCOc1cccc(Cl)c1)CCC(=O)O. The molecule has 0 atom stereocenters. The fraction of sp³-hybridized carbons (Fsp3) is 0.462. The normalized spacial score (nSPS) is 10.6. The summed E-state index contributed by atoms with van der Waals surface area (Å²) in [4.78, 5) is 12.5. The van der Waals surface area contributed by atoms with E-state index in [0.29, 0.717) is 24.7 Å². The topological polar surface area (TPSA) is 49.8 Å². The third-order valence-corrected chi connectivity index (χ3v) is 2.80. The average Bonchev–Trinajstić information content (AvgIpc) is 2.33. The van der Waals surface area contributed by atoms with Crippen LogP contribution >= 0.6 is 11.6 Å². The third kappa shape index (κ3) is 5.89. The molecule has 0 amide bonds. The minimum Gasteiger partial charge on any atom is -0.492 e. The Balaban J connectivity index is 2.28. The van der Waals surface area contributed by atoms with Crippen LogP contribution < -0.4 is 4.74 Å². The standard InChI is InChI=1S/C13H18ClNO3/c1-2-15(7-6-13(16)17)8-9-18-12-5-3-4-11(14)10-12/h3-5,10H,2,6-9H2,1H3,(H,16,17). The van der Waals surface area contributed by atoms with Crippen LogP contribution in [-0.2, 0) is 4.79 Å². The lowest BCUT2D eigenvalue weighted by molar-refractivity contribution is -0.137. The Kier molecular flexibility index (Phi) is 6.54. The van der Waals surface area contributed by atoms with Gasteiger partial charge in [-0.2, -0.15) is 0 Å². The lowest BCUT2D eigenvalue weighted by Gasteiger charge is -2.19. The van der Waals surface area contributed by atoms with Gasteiger partial charge in [0.15, 0.2) is 0 Å². The lowest BCUT2D eigenvalue weighted by atomic mass is 10.3. The fourth-order valence-corrected chi connectivity index (χ4v) is 1.71. The molecule has 0 aromatic heterocycles. The van der Waals surface area contributed by atoms with Crippen molar-refractivity contribution in [3.8, 4) is 5.75 Å². The Hall–Kier alpha value is -1.26. The molecule has 0 bridgehead atoms. The highest BCUT2D eigenvalue weighted by Crippen LogP contribution is 2.16. The number of ether oxygens (including phenoxy) is 1. The summed E-state index contributed by atoms with van der Waals surface area (Å²) in [6, 6.07) is 7.23. The highest BCUT2D eigenvalue weighted by atomic mass is 35.5.